The third kappa shape index (κ3) is 3.33. The Kier molecular flexibility index (Phi) is 5.12. The highest BCUT2D eigenvalue weighted by Gasteiger charge is 2.33. The minimum Gasteiger partial charge on any atom is -0.493 e. The van der Waals surface area contributed by atoms with Crippen molar-refractivity contribution in [1.29, 1.82) is 0 Å². The number of hydrogen-bond acceptors (Lipinski definition) is 3. The molecule has 0 bridgehead atoms. The highest BCUT2D eigenvalue weighted by Crippen LogP contribution is 2.34. The Hall–Kier alpha value is -1.26. The van der Waals surface area contributed by atoms with Crippen molar-refractivity contribution in [1.82, 2.24) is 10.2 Å². The summed E-state index contributed by atoms with van der Waals surface area (Å²) in [6.07, 6.45) is 0.780. The summed E-state index contributed by atoms with van der Waals surface area (Å²) in [6.45, 7) is 6.48. The van der Waals surface area contributed by atoms with Crippen LogP contribution in [0, 0.1) is 0 Å². The molecular weight excluding hydrogens is 288 g/mol. The molecule has 3 rings (SSSR count). The molecule has 4 nitrogen and oxygen atoms in total. The fourth-order valence-corrected chi connectivity index (χ4v) is 3.33. The number of carbonyl (C=O) groups is 1. The number of carbonyl (C=O) groups excluding carboxylic acids is 1. The second-order valence-corrected chi connectivity index (χ2v) is 5.94. The summed E-state index contributed by atoms with van der Waals surface area (Å²) in [6, 6.07) is 8.64. The van der Waals surface area contributed by atoms with E-state index in [0.29, 0.717) is 18.7 Å². The Bertz CT molecular complexity index is 499. The Morgan fingerprint density at radius 2 is 1.90 bits per heavy atom. The van der Waals surface area contributed by atoms with Gasteiger partial charge in [-0.25, -0.2) is 0 Å². The van der Waals surface area contributed by atoms with Crippen LogP contribution >= 0.6 is 12.4 Å². The van der Waals surface area contributed by atoms with Gasteiger partial charge < -0.3 is 15.0 Å². The maximum atomic E-state index is 12.8. The zero-order chi connectivity index (χ0) is 14.1. The third-order valence-corrected chi connectivity index (χ3v) is 4.13. The standard InChI is InChI=1S/C16H22N2O2.ClH/c1-11-9-18(10-12(2)17-11)16(19)14-7-8-20-15-6-4-3-5-13(14)15;/h3-6,11-12,14,17H,7-10H2,1-2H3;1H. The fraction of sp³-hybridized carbons (Fsp3) is 0.562. The smallest absolute Gasteiger partial charge is 0.230 e. The average Bonchev–Trinajstić information content (AvgIpc) is 2.45. The summed E-state index contributed by atoms with van der Waals surface area (Å²) in [4.78, 5) is 14.9. The van der Waals surface area contributed by atoms with Gasteiger partial charge in [0, 0.05) is 30.7 Å². The minimum absolute atomic E-state index is 0. The maximum absolute atomic E-state index is 12.8. The first kappa shape index (κ1) is 16.1. The van der Waals surface area contributed by atoms with Gasteiger partial charge in [-0.15, -0.1) is 12.4 Å². The second kappa shape index (κ2) is 6.67. The summed E-state index contributed by atoms with van der Waals surface area (Å²) in [5.41, 5.74) is 1.04. The molecule has 1 aromatic carbocycles. The number of fused-ring (bicyclic) bond motifs is 1. The number of nitrogens with one attached hydrogen (secondary N) is 1. The maximum Gasteiger partial charge on any atom is 0.230 e. The predicted molar refractivity (Wildman–Crippen MR) is 85.2 cm³/mol. The number of rotatable bonds is 1. The molecule has 1 amide bonds. The minimum atomic E-state index is -0.0440. The highest BCUT2D eigenvalue weighted by atomic mass is 35.5. The van der Waals surface area contributed by atoms with Crippen molar-refractivity contribution in [3.8, 4) is 5.75 Å². The molecule has 5 heteroatoms. The number of piperazine rings is 1. The lowest BCUT2D eigenvalue weighted by Crippen LogP contribution is -2.56. The molecule has 1 saturated heterocycles. The lowest BCUT2D eigenvalue weighted by molar-refractivity contribution is -0.135. The molecule has 3 atom stereocenters. The van der Waals surface area contributed by atoms with Crippen molar-refractivity contribution in [3.63, 3.8) is 0 Å². The van der Waals surface area contributed by atoms with Gasteiger partial charge in [-0.2, -0.15) is 0 Å². The van der Waals surface area contributed by atoms with E-state index in [9.17, 15) is 4.79 Å². The highest BCUT2D eigenvalue weighted by molar-refractivity contribution is 5.85. The van der Waals surface area contributed by atoms with E-state index in [-0.39, 0.29) is 24.2 Å². The number of amides is 1. The zero-order valence-electron chi connectivity index (χ0n) is 12.5. The van der Waals surface area contributed by atoms with E-state index in [1.807, 2.05) is 29.2 Å². The second-order valence-electron chi connectivity index (χ2n) is 5.94. The lowest BCUT2D eigenvalue weighted by atomic mass is 9.91. The first-order valence-electron chi connectivity index (χ1n) is 7.41. The van der Waals surface area contributed by atoms with Crippen LogP contribution in [-0.2, 0) is 4.79 Å². The van der Waals surface area contributed by atoms with E-state index in [4.69, 9.17) is 4.74 Å². The fourth-order valence-electron chi connectivity index (χ4n) is 3.33. The molecule has 2 aliphatic rings. The van der Waals surface area contributed by atoms with Gasteiger partial charge in [0.15, 0.2) is 0 Å². The third-order valence-electron chi connectivity index (χ3n) is 4.13. The monoisotopic (exact) mass is 310 g/mol. The van der Waals surface area contributed by atoms with Crippen LogP contribution in [0.4, 0.5) is 0 Å². The summed E-state index contributed by atoms with van der Waals surface area (Å²) >= 11 is 0. The molecule has 0 radical (unpaired) electrons. The Labute approximate surface area is 132 Å². The van der Waals surface area contributed by atoms with Gasteiger partial charge in [0.2, 0.25) is 5.91 Å². The first-order valence-corrected chi connectivity index (χ1v) is 7.41. The Balaban J connectivity index is 0.00000161. The van der Waals surface area contributed by atoms with Gasteiger partial charge in [0.05, 0.1) is 12.5 Å². The molecule has 0 aromatic heterocycles. The summed E-state index contributed by atoms with van der Waals surface area (Å²) < 4.78 is 5.65. The van der Waals surface area contributed by atoms with Crippen LogP contribution in [0.2, 0.25) is 0 Å². The molecule has 21 heavy (non-hydrogen) atoms. The van der Waals surface area contributed by atoms with Gasteiger partial charge in [0.25, 0.3) is 0 Å². The summed E-state index contributed by atoms with van der Waals surface area (Å²) in [5.74, 6) is 1.08. The lowest BCUT2D eigenvalue weighted by Gasteiger charge is -2.38. The molecule has 1 fully saturated rings. The molecule has 0 saturated carbocycles. The molecule has 3 unspecified atom stereocenters. The van der Waals surface area contributed by atoms with E-state index in [2.05, 4.69) is 19.2 Å². The van der Waals surface area contributed by atoms with Gasteiger partial charge in [-0.05, 0) is 26.3 Å². The summed E-state index contributed by atoms with van der Waals surface area (Å²) in [5, 5.41) is 3.47. The van der Waals surface area contributed by atoms with Crippen LogP contribution in [0.1, 0.15) is 31.7 Å². The average molecular weight is 311 g/mol. The normalized spacial score (nSPS) is 28.1. The van der Waals surface area contributed by atoms with Crippen molar-refractivity contribution in [2.24, 2.45) is 0 Å². The van der Waals surface area contributed by atoms with Crippen LogP contribution < -0.4 is 10.1 Å². The van der Waals surface area contributed by atoms with E-state index in [1.165, 1.54) is 0 Å². The molecular formula is C16H23ClN2O2. The molecule has 116 valence electrons. The van der Waals surface area contributed by atoms with Crippen molar-refractivity contribution in [2.75, 3.05) is 19.7 Å². The number of halogens is 1. The zero-order valence-corrected chi connectivity index (χ0v) is 13.4. The molecule has 1 aromatic rings. The molecule has 0 spiro atoms. The summed E-state index contributed by atoms with van der Waals surface area (Å²) in [7, 11) is 0. The quantitative estimate of drug-likeness (QED) is 0.864. The number of para-hydroxylation sites is 1. The predicted octanol–water partition coefficient (Wildman–Crippen LogP) is 2.18. The topological polar surface area (TPSA) is 41.6 Å². The van der Waals surface area contributed by atoms with Crippen LogP contribution in [0.25, 0.3) is 0 Å². The Morgan fingerprint density at radius 1 is 1.24 bits per heavy atom. The van der Waals surface area contributed by atoms with E-state index in [1.54, 1.807) is 0 Å². The molecule has 2 heterocycles. The van der Waals surface area contributed by atoms with Crippen LogP contribution in [0.5, 0.6) is 5.75 Å². The van der Waals surface area contributed by atoms with E-state index in [0.717, 1.165) is 30.8 Å². The van der Waals surface area contributed by atoms with Crippen molar-refractivity contribution >= 4 is 18.3 Å². The SMILES string of the molecule is CC1CN(C(=O)C2CCOc3ccccc32)CC(C)N1.Cl. The molecule has 2 aliphatic heterocycles. The van der Waals surface area contributed by atoms with Gasteiger partial charge >= 0.3 is 0 Å². The van der Waals surface area contributed by atoms with Crippen LogP contribution in [0.3, 0.4) is 0 Å². The number of benzene rings is 1. The largest absolute Gasteiger partial charge is 0.493 e. The van der Waals surface area contributed by atoms with Crippen LogP contribution in [0.15, 0.2) is 24.3 Å². The molecule has 1 N–H and O–H groups in total. The first-order chi connectivity index (χ1) is 9.65. The van der Waals surface area contributed by atoms with Gasteiger partial charge in [0.1, 0.15) is 5.75 Å². The van der Waals surface area contributed by atoms with Crippen molar-refractivity contribution in [3.05, 3.63) is 29.8 Å². The van der Waals surface area contributed by atoms with E-state index < -0.39 is 0 Å². The number of nitrogens with zero attached hydrogens (tertiary/aromatic N) is 1. The van der Waals surface area contributed by atoms with Crippen LogP contribution in [-0.4, -0.2) is 42.6 Å². The van der Waals surface area contributed by atoms with Crippen molar-refractivity contribution in [2.45, 2.75) is 38.3 Å². The Morgan fingerprint density at radius 3 is 2.62 bits per heavy atom. The van der Waals surface area contributed by atoms with E-state index >= 15 is 0 Å². The van der Waals surface area contributed by atoms with Crippen molar-refractivity contribution < 1.29 is 9.53 Å². The molecule has 0 aliphatic carbocycles. The number of ether oxygens (including phenoxy) is 1. The van der Waals surface area contributed by atoms with Gasteiger partial charge in [-0.1, -0.05) is 18.2 Å². The number of hydrogen-bond donors (Lipinski definition) is 1. The van der Waals surface area contributed by atoms with Gasteiger partial charge in [-0.3, -0.25) is 4.79 Å².